The molecular formula is C16H19N3S2. The topological polar surface area (TPSA) is 50.9 Å². The molecular weight excluding hydrogens is 298 g/mol. The number of aromatic nitrogens is 1. The first kappa shape index (κ1) is 14.6. The Morgan fingerprint density at radius 2 is 2.10 bits per heavy atom. The van der Waals surface area contributed by atoms with Gasteiger partial charge in [0.05, 0.1) is 16.8 Å². The van der Waals surface area contributed by atoms with Crippen molar-refractivity contribution in [3.05, 3.63) is 36.0 Å². The van der Waals surface area contributed by atoms with E-state index in [1.807, 2.05) is 18.2 Å². The van der Waals surface area contributed by atoms with Gasteiger partial charge in [-0.1, -0.05) is 30.4 Å². The van der Waals surface area contributed by atoms with E-state index in [4.69, 9.17) is 18.0 Å². The standard InChI is InChI=1S/C16H19N3S2/c17-16(20)13-10-18-14-4-2-1-3-12(14)15(13)19-9-11-5-7-21-8-6-11/h1-4,10-11H,5-9H2,(H2,17,20)(H,18,19). The van der Waals surface area contributed by atoms with Crippen LogP contribution in [0.3, 0.4) is 0 Å². The number of nitrogens with two attached hydrogens (primary N) is 1. The first-order valence-corrected chi connectivity index (χ1v) is 8.81. The first-order chi connectivity index (χ1) is 10.3. The van der Waals surface area contributed by atoms with Gasteiger partial charge in [0.1, 0.15) is 4.99 Å². The summed E-state index contributed by atoms with van der Waals surface area (Å²) in [5, 5.41) is 4.68. The van der Waals surface area contributed by atoms with Crippen molar-refractivity contribution in [2.24, 2.45) is 11.7 Å². The van der Waals surface area contributed by atoms with Crippen molar-refractivity contribution in [3.63, 3.8) is 0 Å². The number of hydrogen-bond acceptors (Lipinski definition) is 4. The molecule has 2 heterocycles. The van der Waals surface area contributed by atoms with Gasteiger partial charge >= 0.3 is 0 Å². The highest BCUT2D eigenvalue weighted by Gasteiger charge is 2.16. The highest BCUT2D eigenvalue weighted by molar-refractivity contribution is 7.99. The van der Waals surface area contributed by atoms with Crippen LogP contribution in [0.1, 0.15) is 18.4 Å². The van der Waals surface area contributed by atoms with E-state index in [9.17, 15) is 0 Å². The zero-order chi connectivity index (χ0) is 14.7. The van der Waals surface area contributed by atoms with Crippen LogP contribution in [-0.4, -0.2) is 28.0 Å². The van der Waals surface area contributed by atoms with Crippen LogP contribution < -0.4 is 11.1 Å². The number of pyridine rings is 1. The van der Waals surface area contributed by atoms with Crippen molar-refractivity contribution in [1.29, 1.82) is 0 Å². The molecule has 1 aromatic heterocycles. The van der Waals surface area contributed by atoms with Gasteiger partial charge in [-0.15, -0.1) is 0 Å². The Labute approximate surface area is 134 Å². The molecule has 3 N–H and O–H groups in total. The van der Waals surface area contributed by atoms with E-state index >= 15 is 0 Å². The van der Waals surface area contributed by atoms with Crippen molar-refractivity contribution >= 4 is 45.6 Å². The summed E-state index contributed by atoms with van der Waals surface area (Å²) in [7, 11) is 0. The zero-order valence-corrected chi connectivity index (χ0v) is 13.5. The molecule has 1 fully saturated rings. The lowest BCUT2D eigenvalue weighted by molar-refractivity contribution is 0.516. The van der Waals surface area contributed by atoms with Gasteiger partial charge in [-0.3, -0.25) is 4.98 Å². The van der Waals surface area contributed by atoms with Crippen molar-refractivity contribution in [3.8, 4) is 0 Å². The number of hydrogen-bond donors (Lipinski definition) is 2. The Bertz CT molecular complexity index is 651. The van der Waals surface area contributed by atoms with Gasteiger partial charge in [-0.05, 0) is 36.3 Å². The largest absolute Gasteiger partial charge is 0.389 e. The summed E-state index contributed by atoms with van der Waals surface area (Å²) < 4.78 is 0. The predicted molar refractivity (Wildman–Crippen MR) is 96.2 cm³/mol. The smallest absolute Gasteiger partial charge is 0.107 e. The van der Waals surface area contributed by atoms with Gasteiger partial charge < -0.3 is 11.1 Å². The number of fused-ring (bicyclic) bond motifs is 1. The van der Waals surface area contributed by atoms with E-state index in [1.54, 1.807) is 6.20 Å². The lowest BCUT2D eigenvalue weighted by atomic mass is 10.0. The number of para-hydroxylation sites is 1. The summed E-state index contributed by atoms with van der Waals surface area (Å²) in [6.07, 6.45) is 4.34. The summed E-state index contributed by atoms with van der Waals surface area (Å²) >= 11 is 7.23. The minimum atomic E-state index is 0.398. The fraction of sp³-hybridized carbons (Fsp3) is 0.375. The molecule has 1 aromatic carbocycles. The minimum absolute atomic E-state index is 0.398. The maximum Gasteiger partial charge on any atom is 0.107 e. The Morgan fingerprint density at radius 1 is 1.33 bits per heavy atom. The molecule has 21 heavy (non-hydrogen) atoms. The summed E-state index contributed by atoms with van der Waals surface area (Å²) in [6, 6.07) is 8.11. The van der Waals surface area contributed by atoms with Crippen molar-refractivity contribution in [2.75, 3.05) is 23.4 Å². The lowest BCUT2D eigenvalue weighted by Gasteiger charge is -2.23. The van der Waals surface area contributed by atoms with Crippen molar-refractivity contribution < 1.29 is 0 Å². The number of nitrogens with one attached hydrogen (secondary N) is 1. The molecule has 3 nitrogen and oxygen atoms in total. The molecule has 0 bridgehead atoms. The van der Waals surface area contributed by atoms with Crippen LogP contribution in [0.15, 0.2) is 30.5 Å². The second kappa shape index (κ2) is 6.62. The number of thioether (sulfide) groups is 1. The highest BCUT2D eigenvalue weighted by Crippen LogP contribution is 2.28. The number of anilines is 1. The monoisotopic (exact) mass is 317 g/mol. The molecule has 3 rings (SSSR count). The van der Waals surface area contributed by atoms with Crippen LogP contribution in [0.25, 0.3) is 10.9 Å². The molecule has 0 amide bonds. The minimum Gasteiger partial charge on any atom is -0.389 e. The van der Waals surface area contributed by atoms with Gasteiger partial charge in [0, 0.05) is 18.1 Å². The average Bonchev–Trinajstić information content (AvgIpc) is 2.53. The zero-order valence-electron chi connectivity index (χ0n) is 11.8. The third-order valence-electron chi connectivity index (χ3n) is 3.95. The average molecular weight is 317 g/mol. The van der Waals surface area contributed by atoms with Crippen LogP contribution in [0.5, 0.6) is 0 Å². The number of nitrogens with zero attached hydrogens (tertiary/aromatic N) is 1. The van der Waals surface area contributed by atoms with E-state index in [-0.39, 0.29) is 0 Å². The van der Waals surface area contributed by atoms with Crippen LogP contribution in [0, 0.1) is 5.92 Å². The van der Waals surface area contributed by atoms with E-state index in [2.05, 4.69) is 28.1 Å². The summed E-state index contributed by atoms with van der Waals surface area (Å²) in [4.78, 5) is 4.85. The SMILES string of the molecule is NC(=S)c1cnc2ccccc2c1NCC1CCSCC1. The molecule has 2 aromatic rings. The van der Waals surface area contributed by atoms with Gasteiger partial charge in [0.2, 0.25) is 0 Å². The van der Waals surface area contributed by atoms with Gasteiger partial charge in [0.15, 0.2) is 0 Å². The lowest BCUT2D eigenvalue weighted by Crippen LogP contribution is -2.21. The van der Waals surface area contributed by atoms with Crippen LogP contribution in [0.4, 0.5) is 5.69 Å². The van der Waals surface area contributed by atoms with E-state index in [1.165, 1.54) is 24.3 Å². The molecule has 0 spiro atoms. The van der Waals surface area contributed by atoms with E-state index in [0.717, 1.165) is 34.6 Å². The van der Waals surface area contributed by atoms with Gasteiger partial charge in [-0.2, -0.15) is 11.8 Å². The molecule has 110 valence electrons. The quantitative estimate of drug-likeness (QED) is 0.846. The molecule has 0 atom stereocenters. The Hall–Kier alpha value is -1.33. The third-order valence-corrected chi connectivity index (χ3v) is 5.22. The fourth-order valence-corrected chi connectivity index (χ4v) is 4.07. The second-order valence-corrected chi connectivity index (χ2v) is 7.03. The van der Waals surface area contributed by atoms with E-state index in [0.29, 0.717) is 4.99 Å². The molecule has 0 saturated carbocycles. The summed E-state index contributed by atoms with van der Waals surface area (Å²) in [6.45, 7) is 0.976. The van der Waals surface area contributed by atoms with E-state index < -0.39 is 0 Å². The number of rotatable bonds is 4. The Morgan fingerprint density at radius 3 is 2.86 bits per heavy atom. The molecule has 1 aliphatic rings. The van der Waals surface area contributed by atoms with Crippen LogP contribution in [-0.2, 0) is 0 Å². The molecule has 1 saturated heterocycles. The molecule has 0 radical (unpaired) electrons. The first-order valence-electron chi connectivity index (χ1n) is 7.25. The summed E-state index contributed by atoms with van der Waals surface area (Å²) in [5.41, 5.74) is 8.71. The molecule has 5 heteroatoms. The normalized spacial score (nSPS) is 16.0. The molecule has 1 aliphatic heterocycles. The van der Waals surface area contributed by atoms with Gasteiger partial charge in [-0.25, -0.2) is 0 Å². The Kier molecular flexibility index (Phi) is 4.60. The predicted octanol–water partition coefficient (Wildman–Crippen LogP) is 3.42. The van der Waals surface area contributed by atoms with Crippen LogP contribution in [0.2, 0.25) is 0 Å². The second-order valence-electron chi connectivity index (χ2n) is 5.36. The third kappa shape index (κ3) is 3.30. The van der Waals surface area contributed by atoms with Crippen molar-refractivity contribution in [1.82, 2.24) is 4.98 Å². The Balaban J connectivity index is 1.90. The summed E-state index contributed by atoms with van der Waals surface area (Å²) in [5.74, 6) is 3.27. The van der Waals surface area contributed by atoms with Crippen LogP contribution >= 0.6 is 24.0 Å². The number of benzene rings is 1. The maximum absolute atomic E-state index is 5.86. The van der Waals surface area contributed by atoms with Crippen molar-refractivity contribution in [2.45, 2.75) is 12.8 Å². The highest BCUT2D eigenvalue weighted by atomic mass is 32.2. The maximum atomic E-state index is 5.86. The molecule has 0 aliphatic carbocycles. The van der Waals surface area contributed by atoms with Gasteiger partial charge in [0.25, 0.3) is 0 Å². The number of thiocarbonyl (C=S) groups is 1. The fourth-order valence-electron chi connectivity index (χ4n) is 2.72. The molecule has 0 unspecified atom stereocenters.